The van der Waals surface area contributed by atoms with Crippen LogP contribution in [0.3, 0.4) is 0 Å². The van der Waals surface area contributed by atoms with Gasteiger partial charge in [0.05, 0.1) is 0 Å². The normalized spacial score (nSPS) is 22.1. The van der Waals surface area contributed by atoms with Gasteiger partial charge in [0.15, 0.2) is 0 Å². The second-order valence-corrected chi connectivity index (χ2v) is 5.73. The molecule has 0 aromatic carbocycles. The van der Waals surface area contributed by atoms with Gasteiger partial charge < -0.3 is 15.1 Å². The molecule has 0 aromatic rings. The summed E-state index contributed by atoms with van der Waals surface area (Å²) < 4.78 is 0. The molecule has 2 aliphatic heterocycles. The third kappa shape index (κ3) is 5.09. The van der Waals surface area contributed by atoms with E-state index >= 15 is 0 Å². The molecule has 0 atom stereocenters. The quantitative estimate of drug-likeness (QED) is 0.679. The van der Waals surface area contributed by atoms with Crippen LogP contribution in [0.25, 0.3) is 0 Å². The number of amides is 1. The maximum Gasteiger partial charge on any atom is 0.223 e. The average molecular weight is 268 g/mol. The molecule has 0 aliphatic carbocycles. The van der Waals surface area contributed by atoms with E-state index in [2.05, 4.69) is 22.2 Å². The molecule has 0 unspecified atom stereocenters. The van der Waals surface area contributed by atoms with Crippen LogP contribution in [0.4, 0.5) is 0 Å². The summed E-state index contributed by atoms with van der Waals surface area (Å²) >= 11 is 0. The lowest BCUT2D eigenvalue weighted by atomic mass is 10.3. The van der Waals surface area contributed by atoms with Crippen LogP contribution in [0.1, 0.15) is 19.3 Å². The summed E-state index contributed by atoms with van der Waals surface area (Å²) in [4.78, 5) is 18.7. The molecule has 2 aliphatic rings. The van der Waals surface area contributed by atoms with Crippen molar-refractivity contribution in [1.29, 1.82) is 0 Å². The number of rotatable bonds is 6. The van der Waals surface area contributed by atoms with E-state index in [0.717, 1.165) is 32.7 Å². The summed E-state index contributed by atoms with van der Waals surface area (Å²) in [6.07, 6.45) is 3.02. The molecule has 1 amide bonds. The zero-order valence-corrected chi connectivity index (χ0v) is 12.2. The van der Waals surface area contributed by atoms with Gasteiger partial charge >= 0.3 is 0 Å². The van der Waals surface area contributed by atoms with Gasteiger partial charge in [-0.05, 0) is 19.9 Å². The van der Waals surface area contributed by atoms with Gasteiger partial charge in [-0.3, -0.25) is 9.69 Å². The molecule has 5 heteroatoms. The molecule has 2 heterocycles. The SMILES string of the molecule is CN1CCN(CCNCCC(=O)N2CCCC2)CC1. The number of likely N-dealkylation sites (N-methyl/N-ethyl adjacent to an activating group) is 1. The molecule has 5 nitrogen and oxygen atoms in total. The van der Waals surface area contributed by atoms with Crippen LogP contribution >= 0.6 is 0 Å². The van der Waals surface area contributed by atoms with Crippen molar-refractivity contribution in [2.24, 2.45) is 0 Å². The van der Waals surface area contributed by atoms with E-state index in [0.29, 0.717) is 12.3 Å². The second-order valence-electron chi connectivity index (χ2n) is 5.73. The topological polar surface area (TPSA) is 38.8 Å². The first-order valence-electron chi connectivity index (χ1n) is 7.65. The van der Waals surface area contributed by atoms with Crippen molar-refractivity contribution in [3.63, 3.8) is 0 Å². The van der Waals surface area contributed by atoms with E-state index in [-0.39, 0.29) is 0 Å². The molecule has 110 valence electrons. The predicted octanol–water partition coefficient (Wildman–Crippen LogP) is -0.164. The minimum Gasteiger partial charge on any atom is -0.343 e. The van der Waals surface area contributed by atoms with E-state index in [1.807, 2.05) is 4.90 Å². The van der Waals surface area contributed by atoms with E-state index in [9.17, 15) is 4.79 Å². The summed E-state index contributed by atoms with van der Waals surface area (Å²) in [5, 5.41) is 3.40. The van der Waals surface area contributed by atoms with Gasteiger partial charge in [0, 0.05) is 65.3 Å². The third-order valence-corrected chi connectivity index (χ3v) is 4.18. The Bertz CT molecular complexity index is 271. The number of likely N-dealkylation sites (tertiary alicyclic amines) is 1. The Morgan fingerprint density at radius 2 is 1.68 bits per heavy atom. The molecular formula is C14H28N4O. The van der Waals surface area contributed by atoms with Crippen LogP contribution in [0, 0.1) is 0 Å². The van der Waals surface area contributed by atoms with Crippen LogP contribution in [-0.2, 0) is 4.79 Å². The van der Waals surface area contributed by atoms with Crippen molar-refractivity contribution in [2.45, 2.75) is 19.3 Å². The summed E-state index contributed by atoms with van der Waals surface area (Å²) in [7, 11) is 2.18. The minimum atomic E-state index is 0.324. The van der Waals surface area contributed by atoms with Gasteiger partial charge in [-0.2, -0.15) is 0 Å². The molecule has 0 aromatic heterocycles. The Morgan fingerprint density at radius 3 is 2.37 bits per heavy atom. The van der Waals surface area contributed by atoms with Gasteiger partial charge in [-0.25, -0.2) is 0 Å². The molecule has 0 spiro atoms. The van der Waals surface area contributed by atoms with Crippen molar-refractivity contribution >= 4 is 5.91 Å². The summed E-state index contributed by atoms with van der Waals surface area (Å²) in [6.45, 7) is 9.56. The van der Waals surface area contributed by atoms with Gasteiger partial charge in [0.25, 0.3) is 0 Å². The fourth-order valence-corrected chi connectivity index (χ4v) is 2.75. The Labute approximate surface area is 116 Å². The Morgan fingerprint density at radius 1 is 1.00 bits per heavy atom. The van der Waals surface area contributed by atoms with Crippen LogP contribution in [0.15, 0.2) is 0 Å². The number of carbonyl (C=O) groups is 1. The van der Waals surface area contributed by atoms with Gasteiger partial charge in [-0.1, -0.05) is 0 Å². The van der Waals surface area contributed by atoms with Crippen molar-refractivity contribution in [3.05, 3.63) is 0 Å². The van der Waals surface area contributed by atoms with Gasteiger partial charge in [0.2, 0.25) is 5.91 Å². The third-order valence-electron chi connectivity index (χ3n) is 4.18. The molecule has 0 saturated carbocycles. The van der Waals surface area contributed by atoms with E-state index < -0.39 is 0 Å². The van der Waals surface area contributed by atoms with Gasteiger partial charge in [-0.15, -0.1) is 0 Å². The Hall–Kier alpha value is -0.650. The fraction of sp³-hybridized carbons (Fsp3) is 0.929. The molecule has 0 radical (unpaired) electrons. The molecule has 2 rings (SSSR count). The smallest absolute Gasteiger partial charge is 0.223 e. The Kier molecular flexibility index (Phi) is 6.07. The highest BCUT2D eigenvalue weighted by atomic mass is 16.2. The fourth-order valence-electron chi connectivity index (χ4n) is 2.75. The second kappa shape index (κ2) is 7.82. The van der Waals surface area contributed by atoms with Crippen molar-refractivity contribution in [1.82, 2.24) is 20.0 Å². The molecule has 1 N–H and O–H groups in total. The monoisotopic (exact) mass is 268 g/mol. The first-order valence-corrected chi connectivity index (χ1v) is 7.65. The molecular weight excluding hydrogens is 240 g/mol. The van der Waals surface area contributed by atoms with E-state index in [4.69, 9.17) is 0 Å². The minimum absolute atomic E-state index is 0.324. The lowest BCUT2D eigenvalue weighted by Crippen LogP contribution is -2.46. The number of nitrogens with zero attached hydrogens (tertiary/aromatic N) is 3. The van der Waals surface area contributed by atoms with Crippen LogP contribution in [0.5, 0.6) is 0 Å². The largest absolute Gasteiger partial charge is 0.343 e. The predicted molar refractivity (Wildman–Crippen MR) is 77.2 cm³/mol. The zero-order chi connectivity index (χ0) is 13.5. The van der Waals surface area contributed by atoms with Crippen LogP contribution in [0.2, 0.25) is 0 Å². The summed E-state index contributed by atoms with van der Waals surface area (Å²) in [5.41, 5.74) is 0. The number of carbonyl (C=O) groups excluding carboxylic acids is 1. The maximum atomic E-state index is 11.8. The number of hydrogen-bond donors (Lipinski definition) is 1. The standard InChI is InChI=1S/C14H28N4O/c1-16-10-12-17(13-11-16)9-6-15-5-4-14(19)18-7-2-3-8-18/h15H,2-13H2,1H3. The van der Waals surface area contributed by atoms with Crippen molar-refractivity contribution in [2.75, 3.05) is 66.0 Å². The molecule has 2 saturated heterocycles. The van der Waals surface area contributed by atoms with Crippen molar-refractivity contribution in [3.8, 4) is 0 Å². The van der Waals surface area contributed by atoms with Crippen LogP contribution < -0.4 is 5.32 Å². The highest BCUT2D eigenvalue weighted by molar-refractivity contribution is 5.76. The Balaban J connectivity index is 1.46. The lowest BCUT2D eigenvalue weighted by Gasteiger charge is -2.32. The summed E-state index contributed by atoms with van der Waals surface area (Å²) in [6, 6.07) is 0. The summed E-state index contributed by atoms with van der Waals surface area (Å²) in [5.74, 6) is 0.324. The zero-order valence-electron chi connectivity index (χ0n) is 12.2. The van der Waals surface area contributed by atoms with Crippen molar-refractivity contribution < 1.29 is 4.79 Å². The number of hydrogen-bond acceptors (Lipinski definition) is 4. The first kappa shape index (κ1) is 14.8. The van der Waals surface area contributed by atoms with Crippen LogP contribution in [-0.4, -0.2) is 86.6 Å². The lowest BCUT2D eigenvalue weighted by molar-refractivity contribution is -0.130. The first-order chi connectivity index (χ1) is 9.25. The van der Waals surface area contributed by atoms with Gasteiger partial charge in [0.1, 0.15) is 0 Å². The molecule has 19 heavy (non-hydrogen) atoms. The highest BCUT2D eigenvalue weighted by Gasteiger charge is 2.17. The molecule has 2 fully saturated rings. The highest BCUT2D eigenvalue weighted by Crippen LogP contribution is 2.08. The van der Waals surface area contributed by atoms with E-state index in [1.54, 1.807) is 0 Å². The van der Waals surface area contributed by atoms with E-state index in [1.165, 1.54) is 39.0 Å². The molecule has 0 bridgehead atoms. The number of nitrogens with one attached hydrogen (secondary N) is 1. The number of piperazine rings is 1. The maximum absolute atomic E-state index is 11.8. The average Bonchev–Trinajstić information content (AvgIpc) is 2.94.